The average molecular weight is 1800 g/mol. The largest absolute Gasteiger partial charge is 0.508 e. The van der Waals surface area contributed by atoms with Gasteiger partial charge in [-0.2, -0.15) is 0 Å². The van der Waals surface area contributed by atoms with Gasteiger partial charge in [-0.05, 0) is 145 Å². The van der Waals surface area contributed by atoms with Crippen LogP contribution in [0.5, 0.6) is 46.0 Å². The summed E-state index contributed by atoms with van der Waals surface area (Å²) < 4.78 is 44.2. The number of rotatable bonds is 20. The van der Waals surface area contributed by atoms with Crippen LogP contribution < -0.4 is 46.5 Å². The van der Waals surface area contributed by atoms with Gasteiger partial charge >= 0.3 is 18.2 Å². The number of aliphatic hydroxyl groups is 6. The predicted octanol–water partition coefficient (Wildman–Crippen LogP) is 6.58. The maximum Gasteiger partial charge on any atom is 0.410 e. The van der Waals surface area contributed by atoms with Crippen LogP contribution >= 0.6 is 23.2 Å². The van der Waals surface area contributed by atoms with Gasteiger partial charge in [0, 0.05) is 92.3 Å². The Morgan fingerprint density at radius 1 is 0.693 bits per heavy atom. The number of nitrogens with one attached hydrogen (secondary N) is 5. The summed E-state index contributed by atoms with van der Waals surface area (Å²) in [5.74, 6) is -21.8. The molecule has 18 atom stereocenters. The summed E-state index contributed by atoms with van der Waals surface area (Å²) in [6, 6.07) is 13.0. The number of Topliss-reactive ketones (excluding diaryl/α,β-unsaturated/α-hetero) is 2. The van der Waals surface area contributed by atoms with Crippen molar-refractivity contribution in [2.45, 2.75) is 176 Å². The second-order valence-electron chi connectivity index (χ2n) is 32.1. The fourth-order valence-electron chi connectivity index (χ4n) is 15.9. The van der Waals surface area contributed by atoms with Crippen LogP contribution in [-0.2, 0) is 70.5 Å². The topological polar surface area (TPSA) is 613 Å². The molecule has 7 aromatic carbocycles. The first kappa shape index (κ1) is 93.3. The van der Waals surface area contributed by atoms with Gasteiger partial charge in [-0.1, -0.05) is 55.2 Å². The van der Waals surface area contributed by atoms with Gasteiger partial charge in [-0.25, -0.2) is 14.4 Å². The van der Waals surface area contributed by atoms with Crippen LogP contribution in [0.3, 0.4) is 0 Å². The van der Waals surface area contributed by atoms with Crippen molar-refractivity contribution >= 4 is 93.8 Å². The third-order valence-electron chi connectivity index (χ3n) is 22.6. The number of nitrogens with two attached hydrogens (primary N) is 1. The van der Waals surface area contributed by atoms with Gasteiger partial charge in [-0.15, -0.1) is 0 Å². The molecule has 7 aromatic rings. The molecule has 6 heterocycles. The zero-order valence-electron chi connectivity index (χ0n) is 68.1. The first-order chi connectivity index (χ1) is 60.1. The van der Waals surface area contributed by atoms with E-state index in [0.717, 1.165) is 77.7 Å². The molecule has 0 aromatic heterocycles. The number of hydrogen-bond donors (Lipinski definition) is 16. The van der Waals surface area contributed by atoms with E-state index >= 15 is 28.8 Å². The second kappa shape index (κ2) is 38.9. The fourth-order valence-corrected chi connectivity index (χ4v) is 16.3. The Morgan fingerprint density at radius 3 is 1.85 bits per heavy atom. The van der Waals surface area contributed by atoms with Gasteiger partial charge < -0.3 is 117 Å². The number of nitro benzene ring substituents is 2. The Balaban J connectivity index is 1.02. The van der Waals surface area contributed by atoms with Gasteiger partial charge in [0.15, 0.2) is 35.4 Å². The van der Waals surface area contributed by atoms with Crippen LogP contribution in [0.2, 0.25) is 10.0 Å². The van der Waals surface area contributed by atoms with E-state index in [2.05, 4.69) is 26.6 Å². The summed E-state index contributed by atoms with van der Waals surface area (Å²) in [6.07, 6.45) is -23.1. The quantitative estimate of drug-likeness (QED) is 0.0283. The molecule has 1 aliphatic carbocycles. The third-order valence-corrected chi connectivity index (χ3v) is 23.2. The number of hydrogen-bond acceptors (Lipinski definition) is 30. The second-order valence-corrected chi connectivity index (χ2v) is 32.9. The van der Waals surface area contributed by atoms with E-state index in [-0.39, 0.29) is 34.5 Å². The number of carboxylic acid groups (broad SMARTS) is 1. The Kier molecular flexibility index (Phi) is 28.6. The Labute approximate surface area is 731 Å². The minimum atomic E-state index is -2.32. The number of carboxylic acids is 1. The number of amides is 7. The number of aromatic hydroxyl groups is 3. The van der Waals surface area contributed by atoms with Crippen LogP contribution in [0.4, 0.5) is 21.0 Å². The number of nitrogens with zero attached hydrogens (tertiary/aromatic N) is 3. The Bertz CT molecular complexity index is 5460. The number of nitro groups is 2. The highest BCUT2D eigenvalue weighted by Gasteiger charge is 2.53. The standard InChI is InChI=1S/C85H89Cl2N9O31/c1-36(2)20-54(94(5)84(116)122-35-39-8-15-47(16-9-39)96(119)120)80(111)91-69-57(101)24-44(28-64(88)103)78(109)89-67-43-25-61(124-59-18-11-41(71(69)104)22-52(59)86)75(126-63-27-45(33-97)73(106)74(107)76(63)127-65-32-85(4,77(108)37(3)123-65)93-83(115)121-34-38-6-13-46(14-7-38)95(117)118)62(26-43)125-60-19-12-42(23-53(60)87)72(105)70-81(112)90-68(82(113)114)51-29-48(98)30-56(100)66(51)50-21-40(10-17-55(50)99)49(31-58(67)102)79(110)92-70/h6-19,21-23,25-26,29-30,36-37,44-45,49,54,63,65,67-74,76-77,97-100,104-108H,20,24,27-28,31-35H2,1-5H3,(H2,88,103)(H,89,109)(H,90,112)(H,91,111)(H,92,110)(H,93,115)(H,113,114)/t37-,44-,45+,49+,54+,63+,65-,67+,68-,69-,70-,71+,72+,73+,74-,76-,77+,85-/m0/s1. The number of ether oxygens (including phenoxy) is 7. The third kappa shape index (κ3) is 21.0. The summed E-state index contributed by atoms with van der Waals surface area (Å²) in [5.41, 5.74) is 1.37. The fraction of sp³-hybridized carbons (Fsp3) is 0.388. The Morgan fingerprint density at radius 2 is 1.28 bits per heavy atom. The summed E-state index contributed by atoms with van der Waals surface area (Å²) in [6.45, 7) is 4.49. The van der Waals surface area contributed by atoms with Gasteiger partial charge in [0.25, 0.3) is 11.4 Å². The normalized spacial score (nSPS) is 25.7. The molecule has 0 spiro atoms. The van der Waals surface area contributed by atoms with Crippen LogP contribution in [0.15, 0.2) is 127 Å². The Hall–Kier alpha value is -12.9. The zero-order chi connectivity index (χ0) is 92.2. The lowest BCUT2D eigenvalue weighted by atomic mass is 9.80. The average Bonchev–Trinajstić information content (AvgIpc) is 0.764. The van der Waals surface area contributed by atoms with Crippen molar-refractivity contribution in [3.8, 4) is 57.1 Å². The van der Waals surface area contributed by atoms with Crippen molar-refractivity contribution in [1.29, 1.82) is 0 Å². The number of aliphatic hydroxyl groups excluding tert-OH is 6. The number of aliphatic carboxylic acids is 1. The number of halogens is 2. The molecular weight excluding hydrogens is 1710 g/mol. The lowest BCUT2D eigenvalue weighted by Gasteiger charge is -2.48. The van der Waals surface area contributed by atoms with Crippen molar-refractivity contribution in [3.05, 3.63) is 197 Å². The van der Waals surface area contributed by atoms with E-state index in [1.807, 2.05) is 0 Å². The SMILES string of the molecule is CC(C)C[C@H](C(=O)N[C@H]1C(=O)C[C@@H](CC(N)=O)C(=O)N[C@H]2C(=O)C[C@H]3C(=O)N[C@H](C(=O)N[C@H](C(=O)O)c4cc(O)cc(O)c4-c4cc3ccc4O)[C@H](O)c3ccc(c(Cl)c3)Oc3cc2cc(c3O[C@@H]2C[C@H](CO)[C@@H](O)[C@H](O)[C@H]2O[C@H]2C[C@](C)(NC(=O)OCc3ccc([N+](=O)[O-])cc3)[C@H](O)[C@H](C)O2)Oc2ccc(cc2Cl)[C@H]1O)N(C)C(=O)OCc1ccc([N+](=O)[O-])cc1. The molecule has 7 amide bonds. The van der Waals surface area contributed by atoms with Crippen molar-refractivity contribution in [1.82, 2.24) is 31.5 Å². The first-order valence-corrected chi connectivity index (χ1v) is 40.4. The van der Waals surface area contributed by atoms with Crippen LogP contribution in [0.25, 0.3) is 11.1 Å². The number of phenols is 3. The van der Waals surface area contributed by atoms with Crippen molar-refractivity contribution in [2.75, 3.05) is 13.7 Å². The number of carbonyl (C=O) groups is 10. The molecule has 42 heteroatoms. The van der Waals surface area contributed by atoms with Gasteiger partial charge in [0.2, 0.25) is 35.3 Å². The number of alkyl carbamates (subject to hydrolysis) is 1. The molecule has 127 heavy (non-hydrogen) atoms. The summed E-state index contributed by atoms with van der Waals surface area (Å²) in [4.78, 5) is 170. The monoisotopic (exact) mass is 1800 g/mol. The molecule has 11 bridgehead atoms. The summed E-state index contributed by atoms with van der Waals surface area (Å²) in [7, 11) is 1.19. The molecule has 0 radical (unpaired) electrons. The number of fused-ring (bicyclic) bond motifs is 15. The predicted molar refractivity (Wildman–Crippen MR) is 439 cm³/mol. The maximum absolute atomic E-state index is 16.5. The van der Waals surface area contributed by atoms with Gasteiger partial charge in [0.1, 0.15) is 103 Å². The number of benzene rings is 7. The van der Waals surface area contributed by atoms with E-state index in [4.69, 9.17) is 62.1 Å². The molecule has 6 aliphatic heterocycles. The summed E-state index contributed by atoms with van der Waals surface area (Å²) in [5, 5.41) is 151. The molecule has 674 valence electrons. The first-order valence-electron chi connectivity index (χ1n) is 39.7. The number of non-ortho nitro benzene ring substituents is 2. The van der Waals surface area contributed by atoms with Gasteiger partial charge in [0.05, 0.1) is 49.5 Å². The van der Waals surface area contributed by atoms with Crippen LogP contribution in [-0.4, -0.2) is 205 Å². The molecule has 7 aliphatic rings. The maximum atomic E-state index is 16.5. The molecule has 2 fully saturated rings. The molecule has 1 saturated carbocycles. The molecule has 0 unspecified atom stereocenters. The minimum Gasteiger partial charge on any atom is -0.508 e. The van der Waals surface area contributed by atoms with Crippen molar-refractivity contribution in [3.63, 3.8) is 0 Å². The molecule has 1 saturated heterocycles. The summed E-state index contributed by atoms with van der Waals surface area (Å²) >= 11 is 14.4. The number of phenolic OH excluding ortho intramolecular Hbond substituents is 3. The number of likely N-dealkylation sites (N-methyl/N-ethyl adjacent to an activating group) is 1. The van der Waals surface area contributed by atoms with Crippen molar-refractivity contribution < 1.29 is 142 Å². The van der Waals surface area contributed by atoms with Crippen molar-refractivity contribution in [2.24, 2.45) is 23.5 Å². The van der Waals surface area contributed by atoms with E-state index in [1.54, 1.807) is 13.8 Å². The molecule has 17 N–H and O–H groups in total. The van der Waals surface area contributed by atoms with Gasteiger partial charge in [-0.3, -0.25) is 58.7 Å². The number of ketones is 2. The van der Waals surface area contributed by atoms with Crippen LogP contribution in [0.1, 0.15) is 135 Å². The van der Waals surface area contributed by atoms with E-state index in [1.165, 1.54) is 75.5 Å². The highest BCUT2D eigenvalue weighted by molar-refractivity contribution is 6.32. The lowest BCUT2D eigenvalue weighted by Crippen LogP contribution is -2.65. The molecular formula is C85H89Cl2N9O31. The highest BCUT2D eigenvalue weighted by Crippen LogP contribution is 2.51. The highest BCUT2D eigenvalue weighted by atomic mass is 35.5. The zero-order valence-corrected chi connectivity index (χ0v) is 69.6. The van der Waals surface area contributed by atoms with E-state index < -0.39 is 314 Å². The van der Waals surface area contributed by atoms with E-state index in [9.17, 15) is 90.5 Å². The lowest BCUT2D eigenvalue weighted by molar-refractivity contribution is -0.385. The minimum absolute atomic E-state index is 0.152. The molecule has 14 rings (SSSR count). The number of primary amides is 1. The number of carbonyl (C=O) groups excluding carboxylic acids is 9. The van der Waals surface area contributed by atoms with Crippen LogP contribution in [0, 0.1) is 38.0 Å². The van der Waals surface area contributed by atoms with E-state index in [0.29, 0.717) is 11.1 Å². The smallest absolute Gasteiger partial charge is 0.410 e. The molecule has 40 nitrogen and oxygen atoms in total.